The molecule has 11 heteroatoms. The van der Waals surface area contributed by atoms with Crippen molar-refractivity contribution in [2.45, 2.75) is 19.3 Å². The number of benzene rings is 4. The van der Waals surface area contributed by atoms with Gasteiger partial charge in [0.2, 0.25) is 5.76 Å². The van der Waals surface area contributed by atoms with Crippen molar-refractivity contribution in [2.24, 2.45) is 0 Å². The van der Waals surface area contributed by atoms with Crippen LogP contribution in [-0.4, -0.2) is 32.8 Å². The maximum Gasteiger partial charge on any atom is 0.454 e. The molecular weight excluding hydrogens is 715 g/mol. The third-order valence-corrected chi connectivity index (χ3v) is 6.17. The van der Waals surface area contributed by atoms with Crippen LogP contribution in [0.15, 0.2) is 84.8 Å². The van der Waals surface area contributed by atoms with E-state index in [-0.39, 0.29) is 20.1 Å². The molecule has 2 heterocycles. The monoisotopic (exact) mass is 732 g/mol. The Kier molecular flexibility index (Phi) is 7.66. The van der Waals surface area contributed by atoms with Crippen molar-refractivity contribution in [1.82, 2.24) is 9.55 Å². The standard InChI is InChI=1S/C24H15N2.C5H2F6O2.Ir/c1-15-10-11-17-18-8-5-9-20-22(18)23-21(12-13-25-24(23)19(17)14-15)26(20)16-6-3-2-4-7-16;6-4(7,8)2(12)1-3(13)5(9,10)11;/h2-13H,1H3;1,12H;/q-1;;/b;2-1-;. The molecule has 0 aliphatic rings. The van der Waals surface area contributed by atoms with Crippen molar-refractivity contribution in [3.8, 4) is 5.69 Å². The second-order valence-corrected chi connectivity index (χ2v) is 8.74. The van der Waals surface area contributed by atoms with Gasteiger partial charge in [-0.3, -0.25) is 4.79 Å². The number of para-hydroxylation sites is 1. The summed E-state index contributed by atoms with van der Waals surface area (Å²) >= 11 is 0. The largest absolute Gasteiger partial charge is 0.504 e. The number of aryl methyl sites for hydroxylation is 1. The summed E-state index contributed by atoms with van der Waals surface area (Å²) in [7, 11) is 0. The van der Waals surface area contributed by atoms with Gasteiger partial charge in [-0.15, -0.1) is 29.1 Å². The second-order valence-electron chi connectivity index (χ2n) is 8.74. The number of hydrogen-bond acceptors (Lipinski definition) is 3. The first kappa shape index (κ1) is 29.0. The molecule has 0 bridgehead atoms. The Morgan fingerprint density at radius 1 is 0.850 bits per heavy atom. The number of carbonyl (C=O) groups excluding carboxylic acids is 1. The molecule has 207 valence electrons. The van der Waals surface area contributed by atoms with Crippen LogP contribution in [0.1, 0.15) is 5.56 Å². The first-order chi connectivity index (χ1) is 18.4. The number of alkyl halides is 6. The number of aromatic nitrogens is 2. The van der Waals surface area contributed by atoms with Crippen molar-refractivity contribution in [1.29, 1.82) is 0 Å². The van der Waals surface area contributed by atoms with E-state index in [1.807, 2.05) is 6.20 Å². The first-order valence-corrected chi connectivity index (χ1v) is 11.5. The molecule has 0 aliphatic carbocycles. The molecule has 0 fully saturated rings. The van der Waals surface area contributed by atoms with Gasteiger partial charge in [-0.2, -0.15) is 26.3 Å². The fraction of sp³-hybridized carbons (Fsp3) is 0.103. The van der Waals surface area contributed by atoms with Crippen molar-refractivity contribution in [3.63, 3.8) is 0 Å². The number of halogens is 6. The molecule has 0 atom stereocenters. The smallest absolute Gasteiger partial charge is 0.454 e. The van der Waals surface area contributed by atoms with Crippen LogP contribution >= 0.6 is 0 Å². The molecule has 0 unspecified atom stereocenters. The Hall–Kier alpha value is -3.95. The Bertz CT molecular complexity index is 1880. The number of hydrogen-bond donors (Lipinski definition) is 1. The van der Waals surface area contributed by atoms with E-state index in [1.165, 1.54) is 38.3 Å². The zero-order chi connectivity index (χ0) is 28.1. The van der Waals surface area contributed by atoms with Crippen LogP contribution in [0.5, 0.6) is 0 Å². The number of carbonyl (C=O) groups is 1. The third-order valence-electron chi connectivity index (χ3n) is 6.17. The number of rotatable bonds is 2. The normalized spacial score (nSPS) is 12.5. The average molecular weight is 732 g/mol. The molecule has 0 spiro atoms. The number of pyridine rings is 1. The Morgan fingerprint density at radius 3 is 2.17 bits per heavy atom. The molecule has 6 aromatic rings. The number of nitrogens with zero attached hydrogens (tertiary/aromatic N) is 2. The van der Waals surface area contributed by atoms with E-state index in [9.17, 15) is 31.1 Å². The van der Waals surface area contributed by atoms with E-state index in [4.69, 9.17) is 10.1 Å². The minimum atomic E-state index is -5.42. The molecule has 0 amide bonds. The Morgan fingerprint density at radius 2 is 1.52 bits per heavy atom. The van der Waals surface area contributed by atoms with E-state index in [1.54, 1.807) is 0 Å². The van der Waals surface area contributed by atoms with Gasteiger partial charge in [0, 0.05) is 43.6 Å². The van der Waals surface area contributed by atoms with Gasteiger partial charge in [0.15, 0.2) is 0 Å². The van der Waals surface area contributed by atoms with Crippen LogP contribution in [0.2, 0.25) is 0 Å². The molecule has 2 aromatic heterocycles. The fourth-order valence-corrected chi connectivity index (χ4v) is 4.57. The molecule has 1 N–H and O–H groups in total. The Labute approximate surface area is 236 Å². The predicted octanol–water partition coefficient (Wildman–Crippen LogP) is 8.15. The van der Waals surface area contributed by atoms with Crippen molar-refractivity contribution in [2.75, 3.05) is 0 Å². The summed E-state index contributed by atoms with van der Waals surface area (Å²) in [5.41, 5.74) is 5.78. The summed E-state index contributed by atoms with van der Waals surface area (Å²) in [6, 6.07) is 27.1. The van der Waals surface area contributed by atoms with E-state index in [2.05, 4.69) is 84.3 Å². The van der Waals surface area contributed by atoms with Gasteiger partial charge in [0.25, 0.3) is 5.78 Å². The van der Waals surface area contributed by atoms with Crippen molar-refractivity contribution < 1.29 is 56.3 Å². The predicted molar refractivity (Wildman–Crippen MR) is 136 cm³/mol. The Balaban J connectivity index is 0.000000229. The minimum absolute atomic E-state index is 0. The molecule has 0 saturated carbocycles. The summed E-state index contributed by atoms with van der Waals surface area (Å²) in [5.74, 6) is -5.34. The van der Waals surface area contributed by atoms with Crippen molar-refractivity contribution >= 4 is 49.3 Å². The number of fused-ring (bicyclic) bond motifs is 3. The van der Waals surface area contributed by atoms with Gasteiger partial charge >= 0.3 is 12.4 Å². The van der Waals surface area contributed by atoms with Crippen LogP contribution in [-0.2, 0) is 24.9 Å². The number of allylic oxidation sites excluding steroid dienone is 2. The molecule has 6 rings (SSSR count). The van der Waals surface area contributed by atoms with Gasteiger partial charge in [0.05, 0.1) is 5.52 Å². The number of ketones is 1. The molecule has 4 nitrogen and oxygen atoms in total. The molecule has 0 aliphatic heterocycles. The maximum atomic E-state index is 11.4. The van der Waals surface area contributed by atoms with Crippen molar-refractivity contribution in [3.05, 3.63) is 96.4 Å². The summed E-state index contributed by atoms with van der Waals surface area (Å²) in [6.07, 6.45) is -9.76. The quantitative estimate of drug-likeness (QED) is 0.0644. The average Bonchev–Trinajstić information content (AvgIpc) is 3.23. The summed E-state index contributed by atoms with van der Waals surface area (Å²) < 4.78 is 70.4. The molecule has 40 heavy (non-hydrogen) atoms. The summed E-state index contributed by atoms with van der Waals surface area (Å²) in [5, 5.41) is 14.1. The molecule has 1 radical (unpaired) electrons. The molecular formula is C29H17F6IrN2O2-. The van der Waals surface area contributed by atoms with E-state index in [0.29, 0.717) is 0 Å². The molecule has 4 aromatic carbocycles. The SMILES string of the molecule is Cc1[c-]c2c(cc1)c1cccc3c1c1c2nccc1n3-c1ccccc1.O=C(/C=C(\O)C(F)(F)F)C(F)(F)F.[Ir]. The van der Waals surface area contributed by atoms with Crippen LogP contribution in [0.25, 0.3) is 49.2 Å². The molecule has 0 saturated heterocycles. The zero-order valence-electron chi connectivity index (χ0n) is 20.4. The zero-order valence-corrected chi connectivity index (χ0v) is 22.8. The fourth-order valence-electron chi connectivity index (χ4n) is 4.57. The number of aliphatic hydroxyl groups excluding tert-OH is 1. The van der Waals surface area contributed by atoms with Crippen LogP contribution < -0.4 is 0 Å². The number of aliphatic hydroxyl groups is 1. The second kappa shape index (κ2) is 10.6. The van der Waals surface area contributed by atoms with Crippen LogP contribution in [0.3, 0.4) is 0 Å². The maximum absolute atomic E-state index is 11.4. The van der Waals surface area contributed by atoms with E-state index >= 15 is 0 Å². The third kappa shape index (κ3) is 5.14. The summed E-state index contributed by atoms with van der Waals surface area (Å²) in [6.45, 7) is 2.09. The van der Waals surface area contributed by atoms with E-state index in [0.717, 1.165) is 16.5 Å². The topological polar surface area (TPSA) is 55.1 Å². The van der Waals surface area contributed by atoms with Gasteiger partial charge < -0.3 is 14.7 Å². The minimum Gasteiger partial charge on any atom is -0.504 e. The van der Waals surface area contributed by atoms with Crippen LogP contribution in [0, 0.1) is 13.0 Å². The van der Waals surface area contributed by atoms with Crippen LogP contribution in [0.4, 0.5) is 26.3 Å². The summed E-state index contributed by atoms with van der Waals surface area (Å²) in [4.78, 5) is 14.6. The first-order valence-electron chi connectivity index (χ1n) is 11.5. The van der Waals surface area contributed by atoms with Gasteiger partial charge in [-0.1, -0.05) is 48.0 Å². The van der Waals surface area contributed by atoms with Gasteiger partial charge in [-0.05, 0) is 40.6 Å². The van der Waals surface area contributed by atoms with Gasteiger partial charge in [0.1, 0.15) is 0 Å². The van der Waals surface area contributed by atoms with Gasteiger partial charge in [-0.25, -0.2) is 0 Å². The van der Waals surface area contributed by atoms with E-state index < -0.39 is 30.0 Å².